The average molecular weight is 314 g/mol. The highest BCUT2D eigenvalue weighted by atomic mass is 32.2. The van der Waals surface area contributed by atoms with Crippen molar-refractivity contribution in [3.8, 4) is 12.1 Å². The number of rotatable bonds is 5. The van der Waals surface area contributed by atoms with Crippen LogP contribution in [0.15, 0.2) is 23.1 Å². The molecule has 1 N–H and O–H groups in total. The van der Waals surface area contributed by atoms with Gasteiger partial charge in [0, 0.05) is 0 Å². The van der Waals surface area contributed by atoms with Gasteiger partial charge in [-0.1, -0.05) is 0 Å². The fourth-order valence-corrected chi connectivity index (χ4v) is 3.48. The lowest BCUT2D eigenvalue weighted by Gasteiger charge is -2.05. The van der Waals surface area contributed by atoms with Crippen LogP contribution in [0.4, 0.5) is 0 Å². The standard InChI is InChI=1S/C11H10N2O5S2/c12-7-9-2-3-11(6-10(9)8-13)19(14,15)4-1-5-20(16,17)18/h2-3,6H,1,4-5H2,(H,16,17,18). The molecule has 0 unspecified atom stereocenters. The van der Waals surface area contributed by atoms with Gasteiger partial charge in [0.2, 0.25) is 0 Å². The molecule has 0 atom stereocenters. The van der Waals surface area contributed by atoms with Crippen molar-refractivity contribution in [2.45, 2.75) is 11.3 Å². The number of hydrogen-bond donors (Lipinski definition) is 1. The van der Waals surface area contributed by atoms with Gasteiger partial charge >= 0.3 is 0 Å². The van der Waals surface area contributed by atoms with Crippen molar-refractivity contribution >= 4 is 20.0 Å². The quantitative estimate of drug-likeness (QED) is 0.780. The lowest BCUT2D eigenvalue weighted by Crippen LogP contribution is -2.12. The Kier molecular flexibility index (Phi) is 4.84. The Morgan fingerprint density at radius 1 is 1.00 bits per heavy atom. The smallest absolute Gasteiger partial charge is 0.264 e. The minimum atomic E-state index is -4.21. The van der Waals surface area contributed by atoms with Gasteiger partial charge in [0.25, 0.3) is 10.1 Å². The van der Waals surface area contributed by atoms with Crippen LogP contribution in [0, 0.1) is 22.7 Å². The monoisotopic (exact) mass is 314 g/mol. The van der Waals surface area contributed by atoms with E-state index in [2.05, 4.69) is 0 Å². The van der Waals surface area contributed by atoms with Gasteiger partial charge in [-0.2, -0.15) is 18.9 Å². The van der Waals surface area contributed by atoms with E-state index in [0.717, 1.165) is 6.07 Å². The predicted molar refractivity (Wildman–Crippen MR) is 69.0 cm³/mol. The average Bonchev–Trinajstić information content (AvgIpc) is 2.36. The first-order chi connectivity index (χ1) is 9.19. The maximum absolute atomic E-state index is 11.9. The Morgan fingerprint density at radius 2 is 1.60 bits per heavy atom. The molecular formula is C11H10N2O5S2. The third kappa shape index (κ3) is 4.31. The van der Waals surface area contributed by atoms with Crippen LogP contribution in [0.1, 0.15) is 17.5 Å². The van der Waals surface area contributed by atoms with Crippen LogP contribution in [0.3, 0.4) is 0 Å². The summed E-state index contributed by atoms with van der Waals surface area (Å²) in [5.41, 5.74) is -0.00672. The Hall–Kier alpha value is -1.94. The van der Waals surface area contributed by atoms with Crippen molar-refractivity contribution in [3.05, 3.63) is 29.3 Å². The molecular weight excluding hydrogens is 304 g/mol. The minimum Gasteiger partial charge on any atom is -0.286 e. The molecule has 0 aliphatic rings. The molecule has 7 nitrogen and oxygen atoms in total. The summed E-state index contributed by atoms with van der Waals surface area (Å²) in [6, 6.07) is 6.95. The van der Waals surface area contributed by atoms with Gasteiger partial charge in [0.05, 0.1) is 27.5 Å². The van der Waals surface area contributed by atoms with Crippen molar-refractivity contribution in [2.24, 2.45) is 0 Å². The highest BCUT2D eigenvalue weighted by Gasteiger charge is 2.17. The van der Waals surface area contributed by atoms with Gasteiger partial charge in [0.15, 0.2) is 9.84 Å². The minimum absolute atomic E-state index is 0.0596. The molecule has 106 valence electrons. The number of nitrogens with zero attached hydrogens (tertiary/aromatic N) is 2. The lowest BCUT2D eigenvalue weighted by atomic mass is 10.1. The highest BCUT2D eigenvalue weighted by molar-refractivity contribution is 7.91. The highest BCUT2D eigenvalue weighted by Crippen LogP contribution is 2.17. The second kappa shape index (κ2) is 6.01. The molecule has 20 heavy (non-hydrogen) atoms. The second-order valence-electron chi connectivity index (χ2n) is 3.89. The zero-order valence-corrected chi connectivity index (χ0v) is 11.8. The normalized spacial score (nSPS) is 11.6. The van der Waals surface area contributed by atoms with Crippen molar-refractivity contribution in [1.82, 2.24) is 0 Å². The largest absolute Gasteiger partial charge is 0.286 e. The summed E-state index contributed by atoms with van der Waals surface area (Å²) >= 11 is 0. The number of nitriles is 2. The summed E-state index contributed by atoms with van der Waals surface area (Å²) in [4.78, 5) is -0.164. The third-order valence-electron chi connectivity index (χ3n) is 2.41. The fraction of sp³-hybridized carbons (Fsp3) is 0.273. The summed E-state index contributed by atoms with van der Waals surface area (Å²) in [6.45, 7) is 0. The molecule has 0 heterocycles. The van der Waals surface area contributed by atoms with E-state index >= 15 is 0 Å². The van der Waals surface area contributed by atoms with E-state index in [-0.39, 0.29) is 22.4 Å². The molecule has 0 amide bonds. The number of hydrogen-bond acceptors (Lipinski definition) is 6. The van der Waals surface area contributed by atoms with E-state index in [4.69, 9.17) is 15.1 Å². The molecule has 0 saturated heterocycles. The summed E-state index contributed by atoms with van der Waals surface area (Å²) in [5, 5.41) is 17.5. The zero-order valence-electron chi connectivity index (χ0n) is 10.1. The van der Waals surface area contributed by atoms with Crippen molar-refractivity contribution < 1.29 is 21.4 Å². The van der Waals surface area contributed by atoms with Gasteiger partial charge in [-0.25, -0.2) is 8.42 Å². The Morgan fingerprint density at radius 3 is 2.10 bits per heavy atom. The predicted octanol–water partition coefficient (Wildman–Crippen LogP) is 0.482. The molecule has 0 spiro atoms. The summed E-state index contributed by atoms with van der Waals surface area (Å²) < 4.78 is 53.4. The van der Waals surface area contributed by atoms with Gasteiger partial charge in [-0.3, -0.25) is 4.55 Å². The van der Waals surface area contributed by atoms with E-state index in [1.165, 1.54) is 12.1 Å². The Bertz CT molecular complexity index is 798. The number of sulfone groups is 1. The first kappa shape index (κ1) is 16.1. The van der Waals surface area contributed by atoms with Crippen LogP contribution >= 0.6 is 0 Å². The van der Waals surface area contributed by atoms with Crippen LogP contribution in [-0.2, 0) is 20.0 Å². The lowest BCUT2D eigenvalue weighted by molar-refractivity contribution is 0.482. The molecule has 1 aromatic carbocycles. The third-order valence-corrected chi connectivity index (χ3v) is 5.01. The van der Waals surface area contributed by atoms with Crippen molar-refractivity contribution in [2.75, 3.05) is 11.5 Å². The van der Waals surface area contributed by atoms with Gasteiger partial charge in [0.1, 0.15) is 12.1 Å². The molecule has 0 bridgehead atoms. The molecule has 0 radical (unpaired) electrons. The van der Waals surface area contributed by atoms with E-state index in [0.29, 0.717) is 0 Å². The molecule has 1 aromatic rings. The fourth-order valence-electron chi connectivity index (χ4n) is 1.46. The Balaban J connectivity index is 3.00. The van der Waals surface area contributed by atoms with Crippen LogP contribution < -0.4 is 0 Å². The van der Waals surface area contributed by atoms with E-state index in [1.54, 1.807) is 12.1 Å². The van der Waals surface area contributed by atoms with E-state index in [1.807, 2.05) is 0 Å². The molecule has 0 aliphatic heterocycles. The molecule has 0 fully saturated rings. The van der Waals surface area contributed by atoms with Crippen LogP contribution in [0.25, 0.3) is 0 Å². The van der Waals surface area contributed by atoms with Crippen molar-refractivity contribution in [3.63, 3.8) is 0 Å². The van der Waals surface area contributed by atoms with E-state index < -0.39 is 31.5 Å². The second-order valence-corrected chi connectivity index (χ2v) is 7.57. The molecule has 9 heteroatoms. The van der Waals surface area contributed by atoms with Crippen LogP contribution in [-0.4, -0.2) is 32.9 Å². The summed E-state index contributed by atoms with van der Waals surface area (Å²) in [6.07, 6.45) is -0.261. The zero-order chi connectivity index (χ0) is 15.4. The van der Waals surface area contributed by atoms with Crippen LogP contribution in [0.2, 0.25) is 0 Å². The first-order valence-corrected chi connectivity index (χ1v) is 8.58. The topological polar surface area (TPSA) is 136 Å². The Labute approximate surface area is 116 Å². The van der Waals surface area contributed by atoms with Crippen molar-refractivity contribution in [1.29, 1.82) is 10.5 Å². The van der Waals surface area contributed by atoms with Gasteiger partial charge in [-0.15, -0.1) is 0 Å². The first-order valence-electron chi connectivity index (χ1n) is 5.32. The summed E-state index contributed by atoms with van der Waals surface area (Å²) in [7, 11) is -7.99. The van der Waals surface area contributed by atoms with Crippen LogP contribution in [0.5, 0.6) is 0 Å². The van der Waals surface area contributed by atoms with Gasteiger partial charge < -0.3 is 0 Å². The number of benzene rings is 1. The SMILES string of the molecule is N#Cc1ccc(S(=O)(=O)CCCS(=O)(=O)O)cc1C#N. The molecule has 1 rings (SSSR count). The van der Waals surface area contributed by atoms with Gasteiger partial charge in [-0.05, 0) is 24.6 Å². The molecule has 0 aliphatic carbocycles. The molecule has 0 aromatic heterocycles. The molecule has 0 saturated carbocycles. The maximum Gasteiger partial charge on any atom is 0.264 e. The van der Waals surface area contributed by atoms with E-state index in [9.17, 15) is 16.8 Å². The maximum atomic E-state index is 11.9. The summed E-state index contributed by atoms with van der Waals surface area (Å²) in [5.74, 6) is -1.14.